The molecule has 76 valence electrons. The fraction of sp³-hybridized carbons (Fsp3) is 0.818. The molecule has 1 unspecified atom stereocenters. The lowest BCUT2D eigenvalue weighted by molar-refractivity contribution is 0.353. The number of rotatable bonds is 3. The normalized spacial score (nSPS) is 13.8. The van der Waals surface area contributed by atoms with E-state index in [4.69, 9.17) is 5.73 Å². The summed E-state index contributed by atoms with van der Waals surface area (Å²) in [5.74, 6) is 6.34. The minimum absolute atomic E-state index is 0.106. The van der Waals surface area contributed by atoms with Crippen molar-refractivity contribution in [1.82, 2.24) is 4.90 Å². The predicted molar refractivity (Wildman–Crippen MR) is 58.4 cm³/mol. The van der Waals surface area contributed by atoms with Crippen molar-refractivity contribution in [3.05, 3.63) is 0 Å². The maximum atomic E-state index is 5.66. The van der Waals surface area contributed by atoms with Crippen LogP contribution in [0, 0.1) is 17.3 Å². The van der Waals surface area contributed by atoms with Crippen LogP contribution in [0.1, 0.15) is 27.7 Å². The van der Waals surface area contributed by atoms with Crippen molar-refractivity contribution in [3.63, 3.8) is 0 Å². The van der Waals surface area contributed by atoms with Gasteiger partial charge in [-0.05, 0) is 34.7 Å². The van der Waals surface area contributed by atoms with Crippen molar-refractivity contribution in [2.75, 3.05) is 20.1 Å². The predicted octanol–water partition coefficient (Wildman–Crippen LogP) is 1.31. The lowest BCUT2D eigenvalue weighted by Gasteiger charge is -2.15. The van der Waals surface area contributed by atoms with E-state index in [1.807, 2.05) is 14.0 Å². The first-order chi connectivity index (χ1) is 5.81. The topological polar surface area (TPSA) is 29.3 Å². The first-order valence-corrected chi connectivity index (χ1v) is 4.75. The largest absolute Gasteiger partial charge is 0.327 e. The minimum atomic E-state index is 0.106. The second-order valence-electron chi connectivity index (χ2n) is 4.73. The van der Waals surface area contributed by atoms with Gasteiger partial charge in [-0.1, -0.05) is 11.8 Å². The third-order valence-corrected chi connectivity index (χ3v) is 1.41. The van der Waals surface area contributed by atoms with Crippen LogP contribution in [0.25, 0.3) is 0 Å². The van der Waals surface area contributed by atoms with Crippen LogP contribution < -0.4 is 5.73 Å². The molecule has 0 aromatic carbocycles. The Labute approximate surface area is 82.5 Å². The lowest BCUT2D eigenvalue weighted by atomic mass is 9.98. The number of nitrogens with two attached hydrogens (primary N) is 1. The first-order valence-electron chi connectivity index (χ1n) is 4.75. The molecule has 2 N–H and O–H groups in total. The Morgan fingerprint density at radius 3 is 2.31 bits per heavy atom. The van der Waals surface area contributed by atoms with E-state index in [1.165, 1.54) is 0 Å². The average Bonchev–Trinajstić information content (AvgIpc) is 1.81. The molecule has 0 rings (SSSR count). The monoisotopic (exact) mass is 182 g/mol. The quantitative estimate of drug-likeness (QED) is 0.667. The maximum absolute atomic E-state index is 5.66. The van der Waals surface area contributed by atoms with E-state index < -0.39 is 0 Å². The fourth-order valence-electron chi connectivity index (χ4n) is 0.996. The van der Waals surface area contributed by atoms with Gasteiger partial charge in [-0.15, -0.1) is 0 Å². The lowest BCUT2D eigenvalue weighted by Crippen LogP contribution is -2.33. The molecule has 0 heterocycles. The van der Waals surface area contributed by atoms with Crippen LogP contribution in [0.5, 0.6) is 0 Å². The molecule has 0 bridgehead atoms. The Balaban J connectivity index is 3.80. The average molecular weight is 182 g/mol. The van der Waals surface area contributed by atoms with Crippen molar-refractivity contribution in [3.8, 4) is 11.8 Å². The number of nitrogens with zero attached hydrogens (tertiary/aromatic N) is 1. The van der Waals surface area contributed by atoms with Crippen molar-refractivity contribution in [2.45, 2.75) is 33.7 Å². The molecule has 2 nitrogen and oxygen atoms in total. The molecule has 0 aromatic heterocycles. The third kappa shape index (κ3) is 9.39. The number of hydrogen-bond donors (Lipinski definition) is 1. The summed E-state index contributed by atoms with van der Waals surface area (Å²) in [5.41, 5.74) is 5.77. The van der Waals surface area contributed by atoms with Crippen LogP contribution in [-0.4, -0.2) is 31.1 Å². The summed E-state index contributed by atoms with van der Waals surface area (Å²) in [6, 6.07) is 0.224. The second-order valence-corrected chi connectivity index (χ2v) is 4.73. The molecule has 1 atom stereocenters. The Hall–Kier alpha value is -0.520. The minimum Gasteiger partial charge on any atom is -0.327 e. The first kappa shape index (κ1) is 12.5. The standard InChI is InChI=1S/C11H22N2/c1-10(12)9-13(5)8-6-7-11(2,3)4/h10H,8-9,12H2,1-5H3. The molecule has 0 aliphatic heterocycles. The molecule has 0 aliphatic rings. The zero-order valence-electron chi connectivity index (χ0n) is 9.52. The van der Waals surface area contributed by atoms with Crippen LogP contribution in [0.2, 0.25) is 0 Å². The molecular weight excluding hydrogens is 160 g/mol. The summed E-state index contributed by atoms with van der Waals surface area (Å²) in [5, 5.41) is 0. The van der Waals surface area contributed by atoms with Gasteiger partial charge in [-0.25, -0.2) is 0 Å². The van der Waals surface area contributed by atoms with Crippen LogP contribution in [0.15, 0.2) is 0 Å². The molecule has 0 radical (unpaired) electrons. The van der Waals surface area contributed by atoms with Crippen LogP contribution in [0.3, 0.4) is 0 Å². The van der Waals surface area contributed by atoms with Gasteiger partial charge in [0.05, 0.1) is 6.54 Å². The Bertz CT molecular complexity index is 190. The van der Waals surface area contributed by atoms with Gasteiger partial charge in [0.25, 0.3) is 0 Å². The van der Waals surface area contributed by atoms with E-state index in [1.54, 1.807) is 0 Å². The highest BCUT2D eigenvalue weighted by atomic mass is 15.1. The van der Waals surface area contributed by atoms with Gasteiger partial charge in [0.1, 0.15) is 0 Å². The number of likely N-dealkylation sites (N-methyl/N-ethyl adjacent to an activating group) is 1. The van der Waals surface area contributed by atoms with Gasteiger partial charge < -0.3 is 5.73 Å². The zero-order valence-corrected chi connectivity index (χ0v) is 9.52. The fourth-order valence-corrected chi connectivity index (χ4v) is 0.996. The van der Waals surface area contributed by atoms with Crippen molar-refractivity contribution < 1.29 is 0 Å². The van der Waals surface area contributed by atoms with E-state index in [-0.39, 0.29) is 11.5 Å². The molecule has 0 spiro atoms. The van der Waals surface area contributed by atoms with E-state index in [0.717, 1.165) is 13.1 Å². The molecule has 0 saturated carbocycles. The summed E-state index contributed by atoms with van der Waals surface area (Å²) in [4.78, 5) is 2.14. The second kappa shape index (κ2) is 5.26. The van der Waals surface area contributed by atoms with Gasteiger partial charge in [-0.2, -0.15) is 0 Å². The highest BCUT2D eigenvalue weighted by molar-refractivity contribution is 5.08. The van der Waals surface area contributed by atoms with Crippen LogP contribution in [-0.2, 0) is 0 Å². The highest BCUT2D eigenvalue weighted by Crippen LogP contribution is 2.09. The number of hydrogen-bond acceptors (Lipinski definition) is 2. The molecular formula is C11H22N2. The Morgan fingerprint density at radius 1 is 1.38 bits per heavy atom. The molecule has 0 saturated heterocycles. The summed E-state index contributed by atoms with van der Waals surface area (Å²) in [7, 11) is 2.04. The summed E-state index contributed by atoms with van der Waals surface area (Å²) >= 11 is 0. The van der Waals surface area contributed by atoms with E-state index >= 15 is 0 Å². The highest BCUT2D eigenvalue weighted by Gasteiger charge is 2.03. The molecule has 0 fully saturated rings. The molecule has 0 aromatic rings. The van der Waals surface area contributed by atoms with Gasteiger partial charge in [-0.3, -0.25) is 4.90 Å². The van der Waals surface area contributed by atoms with E-state index in [2.05, 4.69) is 37.5 Å². The summed E-state index contributed by atoms with van der Waals surface area (Å²) in [6.07, 6.45) is 0. The van der Waals surface area contributed by atoms with Gasteiger partial charge in [0.15, 0.2) is 0 Å². The van der Waals surface area contributed by atoms with Crippen LogP contribution >= 0.6 is 0 Å². The molecule has 0 aliphatic carbocycles. The zero-order chi connectivity index (χ0) is 10.5. The van der Waals surface area contributed by atoms with Crippen molar-refractivity contribution >= 4 is 0 Å². The van der Waals surface area contributed by atoms with Crippen LogP contribution in [0.4, 0.5) is 0 Å². The van der Waals surface area contributed by atoms with E-state index in [0.29, 0.717) is 0 Å². The Kier molecular flexibility index (Phi) is 5.05. The summed E-state index contributed by atoms with van der Waals surface area (Å²) in [6.45, 7) is 10.1. The van der Waals surface area contributed by atoms with Crippen molar-refractivity contribution in [2.24, 2.45) is 11.1 Å². The SMILES string of the molecule is CC(N)CN(C)CC#CC(C)(C)C. The summed E-state index contributed by atoms with van der Waals surface area (Å²) < 4.78 is 0. The maximum Gasteiger partial charge on any atom is 0.0599 e. The molecule has 0 amide bonds. The van der Waals surface area contributed by atoms with Crippen molar-refractivity contribution in [1.29, 1.82) is 0 Å². The van der Waals surface area contributed by atoms with Gasteiger partial charge in [0, 0.05) is 18.0 Å². The molecule has 13 heavy (non-hydrogen) atoms. The molecule has 2 heteroatoms. The Morgan fingerprint density at radius 2 is 1.92 bits per heavy atom. The van der Waals surface area contributed by atoms with Gasteiger partial charge in [0.2, 0.25) is 0 Å². The van der Waals surface area contributed by atoms with E-state index in [9.17, 15) is 0 Å². The van der Waals surface area contributed by atoms with Gasteiger partial charge >= 0.3 is 0 Å². The smallest absolute Gasteiger partial charge is 0.0599 e. The third-order valence-electron chi connectivity index (χ3n) is 1.41.